The highest BCUT2D eigenvalue weighted by Gasteiger charge is 2.42. The van der Waals surface area contributed by atoms with Crippen LogP contribution in [0.4, 0.5) is 0 Å². The third-order valence-corrected chi connectivity index (χ3v) is 6.41. The van der Waals surface area contributed by atoms with Crippen LogP contribution in [-0.4, -0.2) is 31.9 Å². The minimum Gasteiger partial charge on any atom is -0.394 e. The molecule has 0 saturated heterocycles. The Labute approximate surface area is 120 Å². The fourth-order valence-corrected chi connectivity index (χ4v) is 5.23. The number of hydrogen-bond donors (Lipinski definition) is 2. The molecular weight excluding hydrogens is 274 g/mol. The normalized spacial score (nSPS) is 29.2. The van der Waals surface area contributed by atoms with Crippen molar-refractivity contribution in [2.45, 2.75) is 48.6 Å². The lowest BCUT2D eigenvalue weighted by Crippen LogP contribution is -2.53. The summed E-state index contributed by atoms with van der Waals surface area (Å²) in [6.07, 6.45) is 5.07. The first-order valence-electron chi connectivity index (χ1n) is 7.28. The highest BCUT2D eigenvalue weighted by atomic mass is 32.2. The average molecular weight is 295 g/mol. The second-order valence-corrected chi connectivity index (χ2v) is 8.01. The predicted molar refractivity (Wildman–Crippen MR) is 77.3 cm³/mol. The van der Waals surface area contributed by atoms with E-state index in [-0.39, 0.29) is 12.4 Å². The number of aliphatic hydroxyl groups is 1. The molecule has 1 heterocycles. The maximum atomic E-state index is 12.2. The average Bonchev–Trinajstić information content (AvgIpc) is 2.96. The zero-order valence-corrected chi connectivity index (χ0v) is 12.3. The van der Waals surface area contributed by atoms with Gasteiger partial charge in [-0.15, -0.1) is 0 Å². The van der Waals surface area contributed by atoms with Gasteiger partial charge in [0.1, 0.15) is 0 Å². The van der Waals surface area contributed by atoms with Crippen molar-refractivity contribution < 1.29 is 13.5 Å². The summed E-state index contributed by atoms with van der Waals surface area (Å²) in [5, 5.41) is 13.5. The molecule has 1 fully saturated rings. The molecule has 1 aliphatic heterocycles. The molecule has 0 bridgehead atoms. The molecule has 1 aromatic rings. The first-order chi connectivity index (χ1) is 9.57. The van der Waals surface area contributed by atoms with E-state index < -0.39 is 15.4 Å². The van der Waals surface area contributed by atoms with E-state index in [9.17, 15) is 13.5 Å². The molecule has 3 rings (SSSR count). The van der Waals surface area contributed by atoms with Gasteiger partial charge in [-0.1, -0.05) is 31.0 Å². The monoisotopic (exact) mass is 295 g/mol. The SMILES string of the molecule is O=S1(=O)CCC(CO)(NC2CCCC2)c2ccccc21. The maximum Gasteiger partial charge on any atom is 0.178 e. The lowest BCUT2D eigenvalue weighted by atomic mass is 9.86. The molecule has 1 aromatic carbocycles. The van der Waals surface area contributed by atoms with E-state index >= 15 is 0 Å². The van der Waals surface area contributed by atoms with E-state index in [1.54, 1.807) is 12.1 Å². The Bertz CT molecular complexity index is 593. The predicted octanol–water partition coefficient (Wildman–Crippen LogP) is 1.58. The minimum absolute atomic E-state index is 0.0595. The molecule has 2 aliphatic rings. The van der Waals surface area contributed by atoms with Crippen LogP contribution < -0.4 is 5.32 Å². The number of rotatable bonds is 3. The smallest absolute Gasteiger partial charge is 0.178 e. The molecule has 1 unspecified atom stereocenters. The Kier molecular flexibility index (Phi) is 3.60. The van der Waals surface area contributed by atoms with Crippen LogP contribution in [0.25, 0.3) is 0 Å². The van der Waals surface area contributed by atoms with Crippen LogP contribution >= 0.6 is 0 Å². The molecule has 20 heavy (non-hydrogen) atoms. The fraction of sp³-hybridized carbons (Fsp3) is 0.600. The second-order valence-electron chi connectivity index (χ2n) is 5.93. The molecule has 0 radical (unpaired) electrons. The first kappa shape index (κ1) is 14.0. The quantitative estimate of drug-likeness (QED) is 0.888. The summed E-state index contributed by atoms with van der Waals surface area (Å²) in [6.45, 7) is -0.0595. The number of benzene rings is 1. The summed E-state index contributed by atoms with van der Waals surface area (Å²) < 4.78 is 24.4. The van der Waals surface area contributed by atoms with Gasteiger partial charge in [-0.3, -0.25) is 0 Å². The van der Waals surface area contributed by atoms with Crippen molar-refractivity contribution in [3.63, 3.8) is 0 Å². The number of hydrogen-bond acceptors (Lipinski definition) is 4. The van der Waals surface area contributed by atoms with Gasteiger partial charge >= 0.3 is 0 Å². The van der Waals surface area contributed by atoms with Crippen molar-refractivity contribution in [3.8, 4) is 0 Å². The van der Waals surface area contributed by atoms with E-state index in [4.69, 9.17) is 0 Å². The van der Waals surface area contributed by atoms with Crippen LogP contribution in [0.5, 0.6) is 0 Å². The number of aliphatic hydroxyl groups excluding tert-OH is 1. The van der Waals surface area contributed by atoms with Crippen LogP contribution in [0, 0.1) is 0 Å². The Morgan fingerprint density at radius 2 is 1.95 bits per heavy atom. The third-order valence-electron chi connectivity index (χ3n) is 4.64. The van der Waals surface area contributed by atoms with Crippen LogP contribution in [0.3, 0.4) is 0 Å². The first-order valence-corrected chi connectivity index (χ1v) is 8.93. The van der Waals surface area contributed by atoms with Crippen LogP contribution in [0.1, 0.15) is 37.7 Å². The molecule has 0 amide bonds. The summed E-state index contributed by atoms with van der Waals surface area (Å²) in [7, 11) is -3.21. The van der Waals surface area contributed by atoms with E-state index in [0.717, 1.165) is 18.4 Å². The number of fused-ring (bicyclic) bond motifs is 1. The van der Waals surface area contributed by atoms with Gasteiger partial charge in [0, 0.05) is 6.04 Å². The van der Waals surface area contributed by atoms with E-state index in [1.807, 2.05) is 12.1 Å². The summed E-state index contributed by atoms with van der Waals surface area (Å²) in [5.41, 5.74) is 0.136. The molecule has 0 aromatic heterocycles. The van der Waals surface area contributed by atoms with Crippen molar-refractivity contribution in [1.29, 1.82) is 0 Å². The third kappa shape index (κ3) is 2.28. The Morgan fingerprint density at radius 3 is 2.65 bits per heavy atom. The molecule has 2 N–H and O–H groups in total. The molecule has 1 aliphatic carbocycles. The molecule has 1 saturated carbocycles. The van der Waals surface area contributed by atoms with Gasteiger partial charge in [0.05, 0.1) is 22.8 Å². The van der Waals surface area contributed by atoms with Crippen molar-refractivity contribution >= 4 is 9.84 Å². The van der Waals surface area contributed by atoms with Crippen LogP contribution in [0.2, 0.25) is 0 Å². The molecule has 110 valence electrons. The molecule has 0 spiro atoms. The fourth-order valence-electron chi connectivity index (χ4n) is 3.51. The summed E-state index contributed by atoms with van der Waals surface area (Å²) in [4.78, 5) is 0.380. The van der Waals surface area contributed by atoms with Crippen LogP contribution in [0.15, 0.2) is 29.2 Å². The lowest BCUT2D eigenvalue weighted by molar-refractivity contribution is 0.138. The Balaban J connectivity index is 2.03. The molecular formula is C15H21NO3S. The highest BCUT2D eigenvalue weighted by Crippen LogP contribution is 2.38. The number of sulfone groups is 1. The summed E-state index contributed by atoms with van der Waals surface area (Å²) in [6, 6.07) is 7.48. The summed E-state index contributed by atoms with van der Waals surface area (Å²) >= 11 is 0. The standard InChI is InChI=1S/C15H21NO3S/c17-11-15(16-12-5-1-2-6-12)9-10-20(18,19)14-8-4-3-7-13(14)15/h3-4,7-8,12,16-17H,1-2,5-6,9-11H2. The lowest BCUT2D eigenvalue weighted by Gasteiger charge is -2.40. The Morgan fingerprint density at radius 1 is 1.25 bits per heavy atom. The zero-order valence-electron chi connectivity index (χ0n) is 11.5. The second kappa shape index (κ2) is 5.13. The largest absolute Gasteiger partial charge is 0.394 e. The number of nitrogens with one attached hydrogen (secondary N) is 1. The van der Waals surface area contributed by atoms with Gasteiger partial charge in [0.15, 0.2) is 9.84 Å². The van der Waals surface area contributed by atoms with Gasteiger partial charge in [-0.25, -0.2) is 8.42 Å². The Hall–Kier alpha value is -0.910. The van der Waals surface area contributed by atoms with Crippen LogP contribution in [-0.2, 0) is 15.4 Å². The topological polar surface area (TPSA) is 66.4 Å². The molecule has 4 nitrogen and oxygen atoms in total. The van der Waals surface area contributed by atoms with Gasteiger partial charge in [0.25, 0.3) is 0 Å². The van der Waals surface area contributed by atoms with E-state index in [0.29, 0.717) is 17.4 Å². The zero-order chi connectivity index (χ0) is 14.2. The van der Waals surface area contributed by atoms with E-state index in [2.05, 4.69) is 5.32 Å². The van der Waals surface area contributed by atoms with Crippen molar-refractivity contribution in [1.82, 2.24) is 5.32 Å². The van der Waals surface area contributed by atoms with E-state index in [1.165, 1.54) is 12.8 Å². The molecule has 5 heteroatoms. The molecule has 1 atom stereocenters. The van der Waals surface area contributed by atoms with Crippen molar-refractivity contribution in [2.24, 2.45) is 0 Å². The maximum absolute atomic E-state index is 12.2. The summed E-state index contributed by atoms with van der Waals surface area (Å²) in [5.74, 6) is 0.101. The van der Waals surface area contributed by atoms with Gasteiger partial charge in [0.2, 0.25) is 0 Å². The van der Waals surface area contributed by atoms with Gasteiger partial charge < -0.3 is 10.4 Å². The minimum atomic E-state index is -3.21. The van der Waals surface area contributed by atoms with Gasteiger partial charge in [-0.2, -0.15) is 0 Å². The van der Waals surface area contributed by atoms with Gasteiger partial charge in [-0.05, 0) is 30.9 Å². The van der Waals surface area contributed by atoms with Crippen molar-refractivity contribution in [3.05, 3.63) is 29.8 Å². The highest BCUT2D eigenvalue weighted by molar-refractivity contribution is 7.91. The van der Waals surface area contributed by atoms with Crippen molar-refractivity contribution in [2.75, 3.05) is 12.4 Å².